The van der Waals surface area contributed by atoms with Crippen LogP contribution >= 0.6 is 0 Å². The minimum absolute atomic E-state index is 0.206. The van der Waals surface area contributed by atoms with Crippen LogP contribution in [0.25, 0.3) is 5.65 Å². The van der Waals surface area contributed by atoms with E-state index in [1.807, 2.05) is 6.07 Å². The molecule has 0 aromatic carbocycles. The van der Waals surface area contributed by atoms with E-state index in [1.54, 1.807) is 25.3 Å². The fraction of sp³-hybridized carbons (Fsp3) is 0.200. The molecule has 0 spiro atoms. The standard InChI is InChI=1S/C10H9N5O2/c1-7-11-8(13-17-7)6-15-10(16)14-5-3-2-4-9(14)12-15/h2-5H,6H2,1H3. The summed E-state index contributed by atoms with van der Waals surface area (Å²) in [6.45, 7) is 1.90. The lowest BCUT2D eigenvalue weighted by molar-refractivity contribution is 0.385. The number of pyridine rings is 1. The second kappa shape index (κ2) is 3.55. The molecule has 0 atom stereocenters. The van der Waals surface area contributed by atoms with E-state index in [9.17, 15) is 4.79 Å². The Labute approximate surface area is 95.3 Å². The first-order valence-electron chi connectivity index (χ1n) is 5.07. The molecule has 0 aliphatic heterocycles. The van der Waals surface area contributed by atoms with Gasteiger partial charge in [-0.1, -0.05) is 11.2 Å². The van der Waals surface area contributed by atoms with Gasteiger partial charge in [-0.15, -0.1) is 5.10 Å². The highest BCUT2D eigenvalue weighted by molar-refractivity contribution is 5.35. The van der Waals surface area contributed by atoms with Gasteiger partial charge in [0.2, 0.25) is 5.89 Å². The van der Waals surface area contributed by atoms with E-state index in [1.165, 1.54) is 9.08 Å². The molecule has 3 heterocycles. The highest BCUT2D eigenvalue weighted by Crippen LogP contribution is 1.99. The number of fused-ring (bicyclic) bond motifs is 1. The largest absolute Gasteiger partial charge is 0.350 e. The first kappa shape index (κ1) is 9.76. The first-order chi connectivity index (χ1) is 8.24. The van der Waals surface area contributed by atoms with Crippen LogP contribution in [0, 0.1) is 6.92 Å². The molecule has 0 N–H and O–H groups in total. The van der Waals surface area contributed by atoms with Gasteiger partial charge in [-0.05, 0) is 12.1 Å². The maximum Gasteiger partial charge on any atom is 0.350 e. The topological polar surface area (TPSA) is 78.2 Å². The number of hydrogen-bond acceptors (Lipinski definition) is 5. The van der Waals surface area contributed by atoms with Crippen molar-refractivity contribution in [2.75, 3.05) is 0 Å². The van der Waals surface area contributed by atoms with E-state index in [0.717, 1.165) is 0 Å². The molecule has 0 aliphatic carbocycles. The number of aryl methyl sites for hydroxylation is 1. The SMILES string of the molecule is Cc1nc(Cn2nc3ccccn3c2=O)no1. The summed E-state index contributed by atoms with van der Waals surface area (Å²) in [6.07, 6.45) is 1.67. The normalized spacial score (nSPS) is 11.1. The maximum atomic E-state index is 11.9. The molecular weight excluding hydrogens is 222 g/mol. The average molecular weight is 231 g/mol. The fourth-order valence-electron chi connectivity index (χ4n) is 1.61. The number of rotatable bonds is 2. The monoisotopic (exact) mass is 231 g/mol. The quantitative estimate of drug-likeness (QED) is 0.631. The zero-order valence-electron chi connectivity index (χ0n) is 9.07. The van der Waals surface area contributed by atoms with Crippen LogP contribution in [-0.4, -0.2) is 24.3 Å². The van der Waals surface area contributed by atoms with Gasteiger partial charge in [0.05, 0.1) is 0 Å². The van der Waals surface area contributed by atoms with Crippen LogP contribution in [0.2, 0.25) is 0 Å². The molecule has 3 rings (SSSR count). The summed E-state index contributed by atoms with van der Waals surface area (Å²) in [4.78, 5) is 15.9. The zero-order valence-corrected chi connectivity index (χ0v) is 9.07. The second-order valence-corrected chi connectivity index (χ2v) is 3.60. The molecule has 86 valence electrons. The van der Waals surface area contributed by atoms with Gasteiger partial charge < -0.3 is 4.52 Å². The molecule has 3 aromatic rings. The Morgan fingerprint density at radius 1 is 1.41 bits per heavy atom. The van der Waals surface area contributed by atoms with Gasteiger partial charge in [-0.3, -0.25) is 4.40 Å². The van der Waals surface area contributed by atoms with Crippen molar-refractivity contribution in [1.29, 1.82) is 0 Å². The van der Waals surface area contributed by atoms with Crippen LogP contribution in [0.5, 0.6) is 0 Å². The average Bonchev–Trinajstić information content (AvgIpc) is 2.86. The van der Waals surface area contributed by atoms with E-state index >= 15 is 0 Å². The minimum Gasteiger partial charge on any atom is -0.340 e. The Morgan fingerprint density at radius 2 is 2.29 bits per heavy atom. The Hall–Kier alpha value is -2.44. The van der Waals surface area contributed by atoms with E-state index < -0.39 is 0 Å². The molecule has 17 heavy (non-hydrogen) atoms. The molecule has 0 fully saturated rings. The van der Waals surface area contributed by atoms with Crippen LogP contribution in [0.1, 0.15) is 11.7 Å². The fourth-order valence-corrected chi connectivity index (χ4v) is 1.61. The molecule has 0 saturated heterocycles. The highest BCUT2D eigenvalue weighted by Gasteiger charge is 2.09. The Balaban J connectivity index is 2.06. The van der Waals surface area contributed by atoms with E-state index in [4.69, 9.17) is 4.52 Å². The lowest BCUT2D eigenvalue weighted by Gasteiger charge is -1.90. The summed E-state index contributed by atoms with van der Waals surface area (Å²) in [5, 5.41) is 7.89. The van der Waals surface area contributed by atoms with Crippen LogP contribution in [0.4, 0.5) is 0 Å². The van der Waals surface area contributed by atoms with Gasteiger partial charge in [0.25, 0.3) is 0 Å². The number of nitrogens with zero attached hydrogens (tertiary/aromatic N) is 5. The molecule has 0 aliphatic rings. The summed E-state index contributed by atoms with van der Waals surface area (Å²) >= 11 is 0. The third kappa shape index (κ3) is 1.61. The lowest BCUT2D eigenvalue weighted by Crippen LogP contribution is -2.22. The van der Waals surface area contributed by atoms with E-state index in [-0.39, 0.29) is 12.2 Å². The van der Waals surface area contributed by atoms with Crippen molar-refractivity contribution in [2.24, 2.45) is 0 Å². The molecule has 0 bridgehead atoms. The van der Waals surface area contributed by atoms with Crippen LogP contribution in [0.3, 0.4) is 0 Å². The third-order valence-electron chi connectivity index (χ3n) is 2.35. The van der Waals surface area contributed by atoms with Crippen molar-refractivity contribution in [1.82, 2.24) is 24.3 Å². The van der Waals surface area contributed by atoms with Crippen LogP contribution in [0.15, 0.2) is 33.7 Å². The highest BCUT2D eigenvalue weighted by atomic mass is 16.5. The number of aromatic nitrogens is 5. The predicted molar refractivity (Wildman–Crippen MR) is 57.6 cm³/mol. The molecule has 0 saturated carbocycles. The van der Waals surface area contributed by atoms with Crippen molar-refractivity contribution in [3.05, 3.63) is 46.6 Å². The summed E-state index contributed by atoms with van der Waals surface area (Å²) in [6, 6.07) is 5.36. The van der Waals surface area contributed by atoms with Gasteiger partial charge in [-0.25, -0.2) is 9.48 Å². The van der Waals surface area contributed by atoms with Crippen molar-refractivity contribution in [2.45, 2.75) is 13.5 Å². The smallest absolute Gasteiger partial charge is 0.340 e. The molecule has 0 radical (unpaired) electrons. The van der Waals surface area contributed by atoms with Gasteiger partial charge >= 0.3 is 5.69 Å². The summed E-state index contributed by atoms with van der Waals surface area (Å²) in [7, 11) is 0. The van der Waals surface area contributed by atoms with Crippen molar-refractivity contribution in [3.8, 4) is 0 Å². The molecular formula is C10H9N5O2. The van der Waals surface area contributed by atoms with Crippen LogP contribution < -0.4 is 5.69 Å². The Bertz CT molecular complexity index is 723. The van der Waals surface area contributed by atoms with Gasteiger partial charge in [0.15, 0.2) is 11.5 Å². The first-order valence-corrected chi connectivity index (χ1v) is 5.07. The minimum atomic E-state index is -0.219. The molecule has 7 heteroatoms. The summed E-state index contributed by atoms with van der Waals surface area (Å²) < 4.78 is 7.61. The predicted octanol–water partition coefficient (Wildman–Crippen LogP) is 0.236. The van der Waals surface area contributed by atoms with E-state index in [2.05, 4.69) is 15.2 Å². The summed E-state index contributed by atoms with van der Waals surface area (Å²) in [5.74, 6) is 0.907. The molecule has 7 nitrogen and oxygen atoms in total. The van der Waals surface area contributed by atoms with Crippen LogP contribution in [-0.2, 0) is 6.54 Å². The van der Waals surface area contributed by atoms with Crippen molar-refractivity contribution >= 4 is 5.65 Å². The Kier molecular flexibility index (Phi) is 2.04. The molecule has 3 aromatic heterocycles. The van der Waals surface area contributed by atoms with Gasteiger partial charge in [-0.2, -0.15) is 4.98 Å². The third-order valence-corrected chi connectivity index (χ3v) is 2.35. The van der Waals surface area contributed by atoms with Gasteiger partial charge in [0.1, 0.15) is 6.54 Å². The zero-order chi connectivity index (χ0) is 11.8. The van der Waals surface area contributed by atoms with E-state index in [0.29, 0.717) is 17.4 Å². The number of hydrogen-bond donors (Lipinski definition) is 0. The molecule has 0 amide bonds. The lowest BCUT2D eigenvalue weighted by atomic mass is 10.5. The second-order valence-electron chi connectivity index (χ2n) is 3.60. The Morgan fingerprint density at radius 3 is 3.00 bits per heavy atom. The van der Waals surface area contributed by atoms with Crippen molar-refractivity contribution in [3.63, 3.8) is 0 Å². The van der Waals surface area contributed by atoms with Gasteiger partial charge in [0, 0.05) is 13.1 Å². The van der Waals surface area contributed by atoms with Crippen molar-refractivity contribution < 1.29 is 4.52 Å². The molecule has 0 unspecified atom stereocenters. The summed E-state index contributed by atoms with van der Waals surface area (Å²) in [5.41, 5.74) is 0.376. The maximum absolute atomic E-state index is 11.9.